The first kappa shape index (κ1) is 16.5. The zero-order valence-electron chi connectivity index (χ0n) is 11.7. The number of benzene rings is 1. The van der Waals surface area contributed by atoms with Gasteiger partial charge in [-0.1, -0.05) is 30.3 Å². The van der Waals surface area contributed by atoms with E-state index in [0.29, 0.717) is 0 Å². The standard InChI is InChI=1S/C14H17NO6/c1-2-20-13(18)9-15(8-12(16)17)14(19)21-10-11-6-4-3-5-7-11/h3-7H,2,8-10H2,1H3,(H,16,17). The molecule has 1 amide bonds. The second-order valence-electron chi connectivity index (χ2n) is 4.10. The lowest BCUT2D eigenvalue weighted by atomic mass is 10.2. The van der Waals surface area contributed by atoms with Crippen molar-refractivity contribution >= 4 is 18.0 Å². The van der Waals surface area contributed by atoms with Gasteiger partial charge in [0, 0.05) is 0 Å². The van der Waals surface area contributed by atoms with Gasteiger partial charge in [0.05, 0.1) is 6.61 Å². The van der Waals surface area contributed by atoms with E-state index >= 15 is 0 Å². The number of carboxylic acids is 1. The number of rotatable bonds is 7. The summed E-state index contributed by atoms with van der Waals surface area (Å²) in [4.78, 5) is 34.7. The van der Waals surface area contributed by atoms with Crippen molar-refractivity contribution in [1.82, 2.24) is 4.90 Å². The molecule has 7 nitrogen and oxygen atoms in total. The van der Waals surface area contributed by atoms with E-state index in [-0.39, 0.29) is 13.2 Å². The van der Waals surface area contributed by atoms with Crippen molar-refractivity contribution in [2.45, 2.75) is 13.5 Å². The number of carboxylic acid groups (broad SMARTS) is 1. The number of aliphatic carboxylic acids is 1. The Bertz CT molecular complexity index is 487. The first-order chi connectivity index (χ1) is 10.0. The summed E-state index contributed by atoms with van der Waals surface area (Å²) in [6.07, 6.45) is -0.880. The van der Waals surface area contributed by atoms with Crippen LogP contribution < -0.4 is 0 Å². The van der Waals surface area contributed by atoms with Gasteiger partial charge in [-0.25, -0.2) is 4.79 Å². The topological polar surface area (TPSA) is 93.1 Å². The smallest absolute Gasteiger partial charge is 0.411 e. The van der Waals surface area contributed by atoms with E-state index in [0.717, 1.165) is 10.5 Å². The van der Waals surface area contributed by atoms with Gasteiger partial charge < -0.3 is 14.6 Å². The minimum absolute atomic E-state index is 0.00137. The van der Waals surface area contributed by atoms with Crippen molar-refractivity contribution in [3.05, 3.63) is 35.9 Å². The SMILES string of the molecule is CCOC(=O)CN(CC(=O)O)C(=O)OCc1ccccc1. The minimum Gasteiger partial charge on any atom is -0.480 e. The maximum absolute atomic E-state index is 11.8. The molecule has 0 unspecified atom stereocenters. The van der Waals surface area contributed by atoms with E-state index in [2.05, 4.69) is 4.74 Å². The highest BCUT2D eigenvalue weighted by molar-refractivity contribution is 5.82. The molecule has 0 radical (unpaired) electrons. The minimum atomic E-state index is -1.24. The van der Waals surface area contributed by atoms with Crippen LogP contribution in [0.1, 0.15) is 12.5 Å². The molecule has 0 bridgehead atoms. The molecule has 1 aromatic rings. The monoisotopic (exact) mass is 295 g/mol. The quantitative estimate of drug-likeness (QED) is 0.761. The second-order valence-corrected chi connectivity index (χ2v) is 4.10. The van der Waals surface area contributed by atoms with E-state index in [1.54, 1.807) is 31.2 Å². The maximum atomic E-state index is 11.8. The van der Waals surface area contributed by atoms with Gasteiger partial charge >= 0.3 is 18.0 Å². The lowest BCUT2D eigenvalue weighted by Gasteiger charge is -2.19. The van der Waals surface area contributed by atoms with E-state index in [1.165, 1.54) is 0 Å². The lowest BCUT2D eigenvalue weighted by Crippen LogP contribution is -2.40. The van der Waals surface area contributed by atoms with Gasteiger partial charge in [-0.3, -0.25) is 14.5 Å². The highest BCUT2D eigenvalue weighted by Crippen LogP contribution is 2.03. The Morgan fingerprint density at radius 2 is 1.76 bits per heavy atom. The van der Waals surface area contributed by atoms with E-state index in [9.17, 15) is 14.4 Å². The Morgan fingerprint density at radius 3 is 2.33 bits per heavy atom. The highest BCUT2D eigenvalue weighted by Gasteiger charge is 2.21. The van der Waals surface area contributed by atoms with E-state index in [4.69, 9.17) is 9.84 Å². The predicted molar refractivity (Wildman–Crippen MR) is 72.5 cm³/mol. The molecule has 1 N–H and O–H groups in total. The third-order valence-corrected chi connectivity index (χ3v) is 2.41. The summed E-state index contributed by atoms with van der Waals surface area (Å²) in [5, 5.41) is 8.76. The summed E-state index contributed by atoms with van der Waals surface area (Å²) in [5.74, 6) is -1.92. The first-order valence-electron chi connectivity index (χ1n) is 6.36. The Kier molecular flexibility index (Phi) is 6.73. The largest absolute Gasteiger partial charge is 0.480 e. The van der Waals surface area contributed by atoms with Crippen LogP contribution in [0.25, 0.3) is 0 Å². The fourth-order valence-corrected chi connectivity index (χ4v) is 1.52. The van der Waals surface area contributed by atoms with Crippen molar-refractivity contribution < 1.29 is 29.0 Å². The summed E-state index contributed by atoms with van der Waals surface area (Å²) < 4.78 is 9.67. The third kappa shape index (κ3) is 6.42. The van der Waals surface area contributed by atoms with Crippen molar-refractivity contribution in [2.75, 3.05) is 19.7 Å². The predicted octanol–water partition coefficient (Wildman–Crippen LogP) is 1.27. The first-order valence-corrected chi connectivity index (χ1v) is 6.36. The lowest BCUT2D eigenvalue weighted by molar-refractivity contribution is -0.145. The third-order valence-electron chi connectivity index (χ3n) is 2.41. The highest BCUT2D eigenvalue weighted by atomic mass is 16.6. The molecular weight excluding hydrogens is 278 g/mol. The van der Waals surface area contributed by atoms with Crippen LogP contribution in [-0.2, 0) is 25.7 Å². The number of hydrogen-bond acceptors (Lipinski definition) is 5. The van der Waals surface area contributed by atoms with Crippen molar-refractivity contribution in [1.29, 1.82) is 0 Å². The van der Waals surface area contributed by atoms with Crippen LogP contribution in [-0.4, -0.2) is 47.7 Å². The number of ether oxygens (including phenoxy) is 2. The van der Waals surface area contributed by atoms with E-state index in [1.807, 2.05) is 6.07 Å². The molecule has 0 aliphatic heterocycles. The van der Waals surface area contributed by atoms with Gasteiger partial charge in [-0.15, -0.1) is 0 Å². The molecule has 0 aliphatic rings. The molecule has 0 fully saturated rings. The fourth-order valence-electron chi connectivity index (χ4n) is 1.52. The number of hydrogen-bond donors (Lipinski definition) is 1. The molecule has 21 heavy (non-hydrogen) atoms. The maximum Gasteiger partial charge on any atom is 0.411 e. The fraction of sp³-hybridized carbons (Fsp3) is 0.357. The average molecular weight is 295 g/mol. The van der Waals surface area contributed by atoms with Gasteiger partial charge in [-0.05, 0) is 12.5 Å². The molecule has 0 aromatic heterocycles. The molecular formula is C14H17NO6. The van der Waals surface area contributed by atoms with Gasteiger partial charge in [0.15, 0.2) is 0 Å². The Balaban J connectivity index is 2.58. The molecule has 0 aliphatic carbocycles. The van der Waals surface area contributed by atoms with Gasteiger partial charge in [0.1, 0.15) is 19.7 Å². The molecule has 0 saturated heterocycles. The van der Waals surface area contributed by atoms with Gasteiger partial charge in [0.2, 0.25) is 0 Å². The number of esters is 1. The number of carbonyl (C=O) groups excluding carboxylic acids is 2. The van der Waals surface area contributed by atoms with Crippen molar-refractivity contribution in [3.63, 3.8) is 0 Å². The van der Waals surface area contributed by atoms with Crippen molar-refractivity contribution in [2.24, 2.45) is 0 Å². The molecule has 0 spiro atoms. The van der Waals surface area contributed by atoms with Crippen LogP contribution in [0.4, 0.5) is 4.79 Å². The zero-order chi connectivity index (χ0) is 15.7. The molecule has 1 rings (SSSR count). The van der Waals surface area contributed by atoms with Gasteiger partial charge in [-0.2, -0.15) is 0 Å². The molecule has 7 heteroatoms. The normalized spacial score (nSPS) is 9.76. The van der Waals surface area contributed by atoms with Crippen molar-refractivity contribution in [3.8, 4) is 0 Å². The summed E-state index contributed by atoms with van der Waals surface area (Å²) in [6.45, 7) is 0.671. The second kappa shape index (κ2) is 8.57. The summed E-state index contributed by atoms with van der Waals surface area (Å²) in [5.41, 5.74) is 0.761. The summed E-state index contributed by atoms with van der Waals surface area (Å²) >= 11 is 0. The Labute approximate surface area is 122 Å². The summed E-state index contributed by atoms with van der Waals surface area (Å²) in [7, 11) is 0. The zero-order valence-corrected chi connectivity index (χ0v) is 11.7. The van der Waals surface area contributed by atoms with E-state index < -0.39 is 31.1 Å². The van der Waals surface area contributed by atoms with Crippen LogP contribution in [0.5, 0.6) is 0 Å². The van der Waals surface area contributed by atoms with Gasteiger partial charge in [0.25, 0.3) is 0 Å². The van der Waals surface area contributed by atoms with Crippen LogP contribution in [0.2, 0.25) is 0 Å². The summed E-state index contributed by atoms with van der Waals surface area (Å²) in [6, 6.07) is 8.93. The Hall–Kier alpha value is -2.57. The number of nitrogens with zero attached hydrogens (tertiary/aromatic N) is 1. The Morgan fingerprint density at radius 1 is 1.10 bits per heavy atom. The average Bonchev–Trinajstić information content (AvgIpc) is 2.45. The molecule has 1 aromatic carbocycles. The van der Waals surface area contributed by atoms with Crippen LogP contribution in [0.3, 0.4) is 0 Å². The molecule has 114 valence electrons. The van der Waals surface area contributed by atoms with Crippen LogP contribution >= 0.6 is 0 Å². The van der Waals surface area contributed by atoms with Crippen LogP contribution in [0.15, 0.2) is 30.3 Å². The number of amides is 1. The molecule has 0 saturated carbocycles. The number of carbonyl (C=O) groups is 3. The molecule has 0 atom stereocenters. The van der Waals surface area contributed by atoms with Crippen LogP contribution in [0, 0.1) is 0 Å². The molecule has 0 heterocycles.